The first-order valence-electron chi connectivity index (χ1n) is 4.35. The van der Waals surface area contributed by atoms with Crippen LogP contribution in [0.5, 0.6) is 0 Å². The summed E-state index contributed by atoms with van der Waals surface area (Å²) in [5, 5.41) is 5.57. The topological polar surface area (TPSA) is 61.4 Å². The Balaban J connectivity index is 3.31. The molecule has 0 bridgehead atoms. The number of hydrogen-bond acceptors (Lipinski definition) is 5. The van der Waals surface area contributed by atoms with Crippen molar-refractivity contribution in [1.29, 1.82) is 0 Å². The molecule has 0 saturated heterocycles. The summed E-state index contributed by atoms with van der Waals surface area (Å²) in [6.07, 6.45) is 2.50. The Morgan fingerprint density at radius 3 is 1.86 bits per heavy atom. The van der Waals surface area contributed by atoms with E-state index in [0.29, 0.717) is 13.1 Å². The molecule has 0 aromatic carbocycles. The lowest BCUT2D eigenvalue weighted by atomic mass is 10.5. The highest BCUT2D eigenvalue weighted by molar-refractivity contribution is 5.44. The zero-order chi connectivity index (χ0) is 10.6. The summed E-state index contributed by atoms with van der Waals surface area (Å²) >= 11 is 0. The van der Waals surface area contributed by atoms with Crippen LogP contribution in [0, 0.1) is 0 Å². The van der Waals surface area contributed by atoms with Gasteiger partial charge in [0, 0.05) is 26.2 Å². The van der Waals surface area contributed by atoms with E-state index in [9.17, 15) is 9.59 Å². The molecule has 0 fully saturated rings. The zero-order valence-corrected chi connectivity index (χ0v) is 8.25. The maximum absolute atomic E-state index is 9.79. The monoisotopic (exact) mass is 197 g/mol. The molecule has 0 unspecified atom stereocenters. The highest BCUT2D eigenvalue weighted by Gasteiger charge is 1.94. The van der Waals surface area contributed by atoms with Crippen molar-refractivity contribution in [3.05, 3.63) is 12.4 Å². The molecule has 0 aromatic rings. The van der Waals surface area contributed by atoms with Gasteiger partial charge in [0.05, 0.1) is 12.4 Å². The summed E-state index contributed by atoms with van der Waals surface area (Å²) in [6, 6.07) is 0. The average molecular weight is 197 g/mol. The van der Waals surface area contributed by atoms with Crippen molar-refractivity contribution >= 4 is 11.9 Å². The van der Waals surface area contributed by atoms with Gasteiger partial charge in [0.15, 0.2) is 0 Å². The minimum atomic E-state index is 0.704. The summed E-state index contributed by atoms with van der Waals surface area (Å²) < 4.78 is 0. The van der Waals surface area contributed by atoms with E-state index in [1.165, 1.54) is 12.4 Å². The molecule has 0 aromatic heterocycles. The Bertz CT molecular complexity index is 206. The fraction of sp³-hybridized carbons (Fsp3) is 0.556. The van der Waals surface area contributed by atoms with Gasteiger partial charge in [0.1, 0.15) is 11.9 Å². The summed E-state index contributed by atoms with van der Waals surface area (Å²) in [4.78, 5) is 21.6. The van der Waals surface area contributed by atoms with E-state index in [2.05, 4.69) is 15.5 Å². The Morgan fingerprint density at radius 2 is 1.50 bits per heavy atom. The summed E-state index contributed by atoms with van der Waals surface area (Å²) in [6.45, 7) is 3.06. The van der Waals surface area contributed by atoms with Crippen molar-refractivity contribution in [2.24, 2.45) is 0 Å². The van der Waals surface area contributed by atoms with Crippen LogP contribution in [0.1, 0.15) is 0 Å². The number of carbonyl (C=O) groups excluding carboxylic acids is 2. The highest BCUT2D eigenvalue weighted by atomic mass is 16.1. The molecule has 0 amide bonds. The first kappa shape index (κ1) is 12.5. The minimum Gasteiger partial charge on any atom is -0.381 e. The van der Waals surface area contributed by atoms with Crippen molar-refractivity contribution in [2.45, 2.75) is 0 Å². The SMILES string of the molecule is CN(CCNC=C=O)CCNC=C=O. The molecule has 5 nitrogen and oxygen atoms in total. The Hall–Kier alpha value is -1.54. The number of nitrogens with one attached hydrogen (secondary N) is 2. The van der Waals surface area contributed by atoms with Gasteiger partial charge in [0.25, 0.3) is 0 Å². The van der Waals surface area contributed by atoms with Crippen LogP contribution >= 0.6 is 0 Å². The van der Waals surface area contributed by atoms with Gasteiger partial charge in [0.2, 0.25) is 0 Å². The van der Waals surface area contributed by atoms with Gasteiger partial charge in [-0.25, -0.2) is 9.59 Å². The Morgan fingerprint density at radius 1 is 1.07 bits per heavy atom. The average Bonchev–Trinajstić information content (AvgIpc) is 2.19. The molecule has 0 radical (unpaired) electrons. The van der Waals surface area contributed by atoms with Crippen molar-refractivity contribution < 1.29 is 9.59 Å². The van der Waals surface area contributed by atoms with Crippen LogP contribution in [0.15, 0.2) is 12.4 Å². The highest BCUT2D eigenvalue weighted by Crippen LogP contribution is 1.78. The predicted molar refractivity (Wildman–Crippen MR) is 54.0 cm³/mol. The first-order valence-corrected chi connectivity index (χ1v) is 4.35. The lowest BCUT2D eigenvalue weighted by Crippen LogP contribution is -2.32. The molecular formula is C9H15N3O2. The largest absolute Gasteiger partial charge is 0.381 e. The smallest absolute Gasteiger partial charge is 0.141 e. The van der Waals surface area contributed by atoms with E-state index >= 15 is 0 Å². The zero-order valence-electron chi connectivity index (χ0n) is 8.25. The summed E-state index contributed by atoms with van der Waals surface area (Å²) in [5.41, 5.74) is 0. The molecule has 0 aliphatic rings. The quantitative estimate of drug-likeness (QED) is 0.377. The van der Waals surface area contributed by atoms with Gasteiger partial charge in [-0.3, -0.25) is 0 Å². The molecule has 14 heavy (non-hydrogen) atoms. The van der Waals surface area contributed by atoms with Crippen LogP contribution in [0.2, 0.25) is 0 Å². The molecule has 0 heterocycles. The van der Waals surface area contributed by atoms with Gasteiger partial charge < -0.3 is 15.5 Å². The molecular weight excluding hydrogens is 182 g/mol. The van der Waals surface area contributed by atoms with Crippen LogP contribution in [-0.4, -0.2) is 50.0 Å². The second-order valence-corrected chi connectivity index (χ2v) is 2.74. The van der Waals surface area contributed by atoms with E-state index in [4.69, 9.17) is 0 Å². The minimum absolute atomic E-state index is 0.704. The number of nitrogens with zero attached hydrogens (tertiary/aromatic N) is 1. The number of rotatable bonds is 8. The number of likely N-dealkylation sites (N-methyl/N-ethyl adjacent to an activating group) is 1. The Labute approximate surface area is 83.5 Å². The molecule has 2 N–H and O–H groups in total. The van der Waals surface area contributed by atoms with Crippen molar-refractivity contribution in [3.8, 4) is 0 Å². The van der Waals surface area contributed by atoms with E-state index < -0.39 is 0 Å². The lowest BCUT2D eigenvalue weighted by molar-refractivity contribution is 0.340. The van der Waals surface area contributed by atoms with Gasteiger partial charge in [-0.05, 0) is 7.05 Å². The third-order valence-electron chi connectivity index (χ3n) is 1.60. The van der Waals surface area contributed by atoms with Gasteiger partial charge in [-0.2, -0.15) is 0 Å². The van der Waals surface area contributed by atoms with Crippen LogP contribution in [0.25, 0.3) is 0 Å². The molecule has 0 atom stereocenters. The van der Waals surface area contributed by atoms with E-state index in [-0.39, 0.29) is 0 Å². The molecule has 0 aliphatic heterocycles. The number of hydrogen-bond donors (Lipinski definition) is 2. The van der Waals surface area contributed by atoms with Crippen LogP contribution in [0.4, 0.5) is 0 Å². The molecule has 0 rings (SSSR count). The van der Waals surface area contributed by atoms with Crippen molar-refractivity contribution in [1.82, 2.24) is 15.5 Å². The summed E-state index contributed by atoms with van der Waals surface area (Å²) in [7, 11) is 1.96. The fourth-order valence-electron chi connectivity index (χ4n) is 0.850. The standard InChI is InChI=1S/C9H15N3O2/c1-12(6-2-10-4-8-13)7-3-11-5-9-14/h4-5,10-11H,2-3,6-7H2,1H3. The Kier molecular flexibility index (Phi) is 8.50. The maximum atomic E-state index is 9.79. The second kappa shape index (κ2) is 9.55. The third kappa shape index (κ3) is 8.56. The molecule has 0 spiro atoms. The predicted octanol–water partition coefficient (Wildman–Crippen LogP) is -1.21. The van der Waals surface area contributed by atoms with Crippen LogP contribution in [-0.2, 0) is 9.59 Å². The van der Waals surface area contributed by atoms with Crippen molar-refractivity contribution in [2.75, 3.05) is 33.2 Å². The molecule has 0 saturated carbocycles. The van der Waals surface area contributed by atoms with Gasteiger partial charge in [-0.1, -0.05) is 0 Å². The normalized spacial score (nSPS) is 8.71. The third-order valence-corrected chi connectivity index (χ3v) is 1.60. The van der Waals surface area contributed by atoms with E-state index in [1.807, 2.05) is 7.05 Å². The van der Waals surface area contributed by atoms with Crippen LogP contribution < -0.4 is 10.6 Å². The maximum Gasteiger partial charge on any atom is 0.141 e. The fourth-order valence-corrected chi connectivity index (χ4v) is 0.850. The molecule has 78 valence electrons. The summed E-state index contributed by atoms with van der Waals surface area (Å²) in [5.74, 6) is 3.27. The second-order valence-electron chi connectivity index (χ2n) is 2.74. The first-order chi connectivity index (χ1) is 6.81. The van der Waals surface area contributed by atoms with E-state index in [1.54, 1.807) is 11.9 Å². The molecule has 5 heteroatoms. The van der Waals surface area contributed by atoms with Crippen molar-refractivity contribution in [3.63, 3.8) is 0 Å². The lowest BCUT2D eigenvalue weighted by Gasteiger charge is -2.15. The molecule has 0 aliphatic carbocycles. The van der Waals surface area contributed by atoms with Crippen LogP contribution in [0.3, 0.4) is 0 Å². The van der Waals surface area contributed by atoms with Gasteiger partial charge in [-0.15, -0.1) is 0 Å². The van der Waals surface area contributed by atoms with E-state index in [0.717, 1.165) is 13.1 Å². The van der Waals surface area contributed by atoms with Gasteiger partial charge >= 0.3 is 0 Å².